The number of unbranched alkanes of at least 4 members (excludes halogenated alkanes) is 2. The average molecular weight is 359 g/mol. The lowest BCUT2D eigenvalue weighted by Crippen LogP contribution is -2.36. The first-order valence-electron chi connectivity index (χ1n) is 9.04. The average Bonchev–Trinajstić information content (AvgIpc) is 2.63. The van der Waals surface area contributed by atoms with Gasteiger partial charge in [0.1, 0.15) is 11.1 Å². The van der Waals surface area contributed by atoms with E-state index in [4.69, 9.17) is 9.15 Å². The van der Waals surface area contributed by atoms with Crippen molar-refractivity contribution in [1.82, 2.24) is 4.90 Å². The van der Waals surface area contributed by atoms with Crippen LogP contribution in [-0.2, 0) is 9.53 Å². The third-order valence-corrected chi connectivity index (χ3v) is 4.08. The van der Waals surface area contributed by atoms with Crippen molar-refractivity contribution < 1.29 is 18.7 Å². The summed E-state index contributed by atoms with van der Waals surface area (Å²) in [5, 5.41) is 0.689. The molecule has 0 aliphatic rings. The molecule has 0 bridgehead atoms. The zero-order valence-corrected chi connectivity index (χ0v) is 15.3. The Kier molecular flexibility index (Phi) is 7.38. The van der Waals surface area contributed by atoms with Crippen molar-refractivity contribution in [3.63, 3.8) is 0 Å². The molecule has 0 spiro atoms. The van der Waals surface area contributed by atoms with E-state index in [1.54, 1.807) is 31.2 Å². The van der Waals surface area contributed by atoms with Gasteiger partial charge >= 0.3 is 11.6 Å². The lowest BCUT2D eigenvalue weighted by atomic mass is 10.1. The Bertz CT molecular complexity index is 811. The molecule has 0 saturated carbocycles. The number of carbonyl (C=O) groups excluding carboxylic acids is 2. The van der Waals surface area contributed by atoms with E-state index in [2.05, 4.69) is 6.92 Å². The minimum atomic E-state index is -0.662. The lowest BCUT2D eigenvalue weighted by molar-refractivity contribution is -0.143. The molecule has 0 aliphatic heterocycles. The number of esters is 1. The number of benzene rings is 1. The zero-order valence-electron chi connectivity index (χ0n) is 15.3. The molecule has 1 aromatic heterocycles. The molecule has 0 saturated heterocycles. The van der Waals surface area contributed by atoms with E-state index in [0.29, 0.717) is 24.1 Å². The fourth-order valence-corrected chi connectivity index (χ4v) is 2.71. The molecule has 2 rings (SSSR count). The SMILES string of the molecule is CCCCCN(CCC(=O)OCC)C(=O)c1cc2ccccc2oc1=O. The molecule has 0 atom stereocenters. The van der Waals surface area contributed by atoms with E-state index in [1.165, 1.54) is 4.90 Å². The van der Waals surface area contributed by atoms with E-state index in [9.17, 15) is 14.4 Å². The van der Waals surface area contributed by atoms with Crippen LogP contribution in [0, 0.1) is 0 Å². The molecular weight excluding hydrogens is 334 g/mol. The van der Waals surface area contributed by atoms with Crippen molar-refractivity contribution in [3.05, 3.63) is 46.3 Å². The number of nitrogens with zero attached hydrogens (tertiary/aromatic N) is 1. The van der Waals surface area contributed by atoms with Gasteiger partial charge in [0.2, 0.25) is 0 Å². The molecule has 1 amide bonds. The fraction of sp³-hybridized carbons (Fsp3) is 0.450. The van der Waals surface area contributed by atoms with Gasteiger partial charge in [-0.2, -0.15) is 0 Å². The Morgan fingerprint density at radius 2 is 1.88 bits per heavy atom. The van der Waals surface area contributed by atoms with Crippen LogP contribution in [0.5, 0.6) is 0 Å². The number of rotatable bonds is 9. The lowest BCUT2D eigenvalue weighted by Gasteiger charge is -2.22. The number of carbonyl (C=O) groups is 2. The second kappa shape index (κ2) is 9.75. The third kappa shape index (κ3) is 5.18. The Labute approximate surface area is 152 Å². The molecule has 1 aromatic carbocycles. The summed E-state index contributed by atoms with van der Waals surface area (Å²) in [5.74, 6) is -0.767. The van der Waals surface area contributed by atoms with E-state index in [-0.39, 0.29) is 24.5 Å². The molecule has 0 radical (unpaired) electrons. The van der Waals surface area contributed by atoms with E-state index < -0.39 is 11.5 Å². The highest BCUT2D eigenvalue weighted by atomic mass is 16.5. The van der Waals surface area contributed by atoms with Gasteiger partial charge in [-0.25, -0.2) is 4.79 Å². The fourth-order valence-electron chi connectivity index (χ4n) is 2.71. The molecule has 1 heterocycles. The second-order valence-corrected chi connectivity index (χ2v) is 6.04. The van der Waals surface area contributed by atoms with E-state index in [0.717, 1.165) is 19.3 Å². The first kappa shape index (κ1) is 19.7. The monoisotopic (exact) mass is 359 g/mol. The Morgan fingerprint density at radius 1 is 1.12 bits per heavy atom. The van der Waals surface area contributed by atoms with Gasteiger partial charge in [-0.3, -0.25) is 9.59 Å². The van der Waals surface area contributed by atoms with Crippen LogP contribution in [0.4, 0.5) is 0 Å². The van der Waals surface area contributed by atoms with Crippen molar-refractivity contribution in [2.75, 3.05) is 19.7 Å². The van der Waals surface area contributed by atoms with Gasteiger partial charge < -0.3 is 14.1 Å². The van der Waals surface area contributed by atoms with Crippen LogP contribution < -0.4 is 5.63 Å². The second-order valence-electron chi connectivity index (χ2n) is 6.04. The van der Waals surface area contributed by atoms with Crippen molar-refractivity contribution in [1.29, 1.82) is 0 Å². The van der Waals surface area contributed by atoms with Crippen LogP contribution in [0.1, 0.15) is 49.9 Å². The van der Waals surface area contributed by atoms with Gasteiger partial charge in [0, 0.05) is 18.5 Å². The Hall–Kier alpha value is -2.63. The maximum Gasteiger partial charge on any atom is 0.349 e. The molecule has 0 N–H and O–H groups in total. The Balaban J connectivity index is 2.22. The number of hydrogen-bond donors (Lipinski definition) is 0. The molecule has 0 unspecified atom stereocenters. The van der Waals surface area contributed by atoms with E-state index in [1.807, 2.05) is 6.07 Å². The predicted molar refractivity (Wildman–Crippen MR) is 99.2 cm³/mol. The maximum absolute atomic E-state index is 12.9. The summed E-state index contributed by atoms with van der Waals surface area (Å²) in [7, 11) is 0. The topological polar surface area (TPSA) is 76.8 Å². The van der Waals surface area contributed by atoms with Gasteiger partial charge in [0.25, 0.3) is 5.91 Å². The third-order valence-electron chi connectivity index (χ3n) is 4.08. The van der Waals surface area contributed by atoms with Gasteiger partial charge in [-0.05, 0) is 25.5 Å². The number of para-hydroxylation sites is 1. The van der Waals surface area contributed by atoms with Crippen molar-refractivity contribution in [2.24, 2.45) is 0 Å². The number of amides is 1. The first-order chi connectivity index (χ1) is 12.6. The summed E-state index contributed by atoms with van der Waals surface area (Å²) in [6.45, 7) is 4.81. The number of ether oxygens (including phenoxy) is 1. The highest BCUT2D eigenvalue weighted by Gasteiger charge is 2.21. The van der Waals surface area contributed by atoms with Crippen LogP contribution in [0.15, 0.2) is 39.5 Å². The highest BCUT2D eigenvalue weighted by Crippen LogP contribution is 2.14. The maximum atomic E-state index is 12.9. The summed E-state index contributed by atoms with van der Waals surface area (Å²) >= 11 is 0. The molecule has 0 fully saturated rings. The molecule has 6 heteroatoms. The highest BCUT2D eigenvalue weighted by molar-refractivity contribution is 5.96. The number of hydrogen-bond acceptors (Lipinski definition) is 5. The summed E-state index contributed by atoms with van der Waals surface area (Å²) in [5.41, 5.74) is -0.229. The zero-order chi connectivity index (χ0) is 18.9. The molecule has 6 nitrogen and oxygen atoms in total. The van der Waals surface area contributed by atoms with Crippen LogP contribution in [0.2, 0.25) is 0 Å². The van der Waals surface area contributed by atoms with Crippen molar-refractivity contribution in [3.8, 4) is 0 Å². The minimum Gasteiger partial charge on any atom is -0.466 e. The minimum absolute atomic E-state index is 0.0101. The summed E-state index contributed by atoms with van der Waals surface area (Å²) in [4.78, 5) is 38.3. The van der Waals surface area contributed by atoms with Crippen LogP contribution in [-0.4, -0.2) is 36.5 Å². The predicted octanol–water partition coefficient (Wildman–Crippen LogP) is 3.38. The van der Waals surface area contributed by atoms with Gasteiger partial charge in [0.05, 0.1) is 13.0 Å². The van der Waals surface area contributed by atoms with Crippen LogP contribution in [0.3, 0.4) is 0 Å². The molecule has 2 aromatic rings. The normalized spacial score (nSPS) is 10.7. The Morgan fingerprint density at radius 3 is 2.62 bits per heavy atom. The molecule has 140 valence electrons. The summed E-state index contributed by atoms with van der Waals surface area (Å²) < 4.78 is 10.2. The van der Waals surface area contributed by atoms with Crippen LogP contribution >= 0.6 is 0 Å². The largest absolute Gasteiger partial charge is 0.466 e. The molecule has 26 heavy (non-hydrogen) atoms. The quantitative estimate of drug-likeness (QED) is 0.390. The molecule has 0 aliphatic carbocycles. The van der Waals surface area contributed by atoms with E-state index >= 15 is 0 Å². The van der Waals surface area contributed by atoms with Crippen molar-refractivity contribution >= 4 is 22.8 Å². The summed E-state index contributed by atoms with van der Waals surface area (Å²) in [6.07, 6.45) is 2.89. The smallest absolute Gasteiger partial charge is 0.349 e. The summed E-state index contributed by atoms with van der Waals surface area (Å²) in [6, 6.07) is 8.61. The molecular formula is C20H25NO5. The standard InChI is InChI=1S/C20H25NO5/c1-3-5-8-12-21(13-11-18(22)25-4-2)19(23)16-14-15-9-6-7-10-17(15)26-20(16)24/h6-7,9-10,14H,3-5,8,11-13H2,1-2H3. The van der Waals surface area contributed by atoms with Gasteiger partial charge in [-0.15, -0.1) is 0 Å². The first-order valence-corrected chi connectivity index (χ1v) is 9.04. The van der Waals surface area contributed by atoms with Crippen molar-refractivity contribution in [2.45, 2.75) is 39.5 Å². The van der Waals surface area contributed by atoms with Crippen LogP contribution in [0.25, 0.3) is 11.0 Å². The van der Waals surface area contributed by atoms with Gasteiger partial charge in [0.15, 0.2) is 0 Å². The van der Waals surface area contributed by atoms with Gasteiger partial charge in [-0.1, -0.05) is 38.0 Å². The number of fused-ring (bicyclic) bond motifs is 1.